The molecule has 6 heterocycles. The zero-order valence-corrected chi connectivity index (χ0v) is 46.9. The van der Waals surface area contributed by atoms with Crippen molar-refractivity contribution in [3.05, 3.63) is 103 Å². The molecule has 0 bridgehead atoms. The number of likely N-dealkylation sites (tertiary alicyclic amines) is 1. The van der Waals surface area contributed by atoms with E-state index in [1.54, 1.807) is 49.2 Å². The standard InChI is InChI=1S/C60H78N10O7S/c1-39-48-37-63-51(65-56(48)70(45-21-13-14-22-45)59(75)53(39)41(3)71)35-44-26-27-46(36-62-44)67-29-31-68(32-30-67)52(72)25-12-7-5-6-8-15-33-77-47-23-16-20-43(34-47)55(73)49-38-78-58(64-49)50-24-17-28-69(50)60(76)54(42-18-10-9-11-19-42)66-57(74)40(2)61-4/h16,20,23,26-27,34,36-38,40,42,45,50,54,61H,5-15,17-19,21-22,24-25,28-33,35H2,1-4H3,(H,66,74)/t40-,50-,54-/m0/s1. The molecule has 0 radical (unpaired) electrons. The highest BCUT2D eigenvalue weighted by Gasteiger charge is 2.40. The molecule has 0 spiro atoms. The Bertz CT molecular complexity index is 2980. The van der Waals surface area contributed by atoms with Crippen molar-refractivity contribution in [1.82, 2.24) is 44.9 Å². The summed E-state index contributed by atoms with van der Waals surface area (Å²) < 4.78 is 7.83. The number of nitrogens with one attached hydrogen (secondary N) is 2. The molecule has 2 saturated carbocycles. The van der Waals surface area contributed by atoms with E-state index in [0.717, 1.165) is 144 Å². The van der Waals surface area contributed by atoms with E-state index in [1.165, 1.54) is 18.3 Å². The molecule has 1 aromatic carbocycles. The number of benzene rings is 1. The van der Waals surface area contributed by atoms with Crippen LogP contribution in [0.25, 0.3) is 11.0 Å². The number of rotatable bonds is 23. The van der Waals surface area contributed by atoms with Gasteiger partial charge in [0.2, 0.25) is 23.5 Å². The Morgan fingerprint density at radius 2 is 1.56 bits per heavy atom. The van der Waals surface area contributed by atoms with E-state index in [2.05, 4.69) is 26.6 Å². The van der Waals surface area contributed by atoms with Crippen LogP contribution in [0.3, 0.4) is 0 Å². The van der Waals surface area contributed by atoms with Crippen LogP contribution in [0.4, 0.5) is 5.69 Å². The lowest BCUT2D eigenvalue weighted by molar-refractivity contribution is -0.139. The molecular weight excluding hydrogens is 1000 g/mol. The summed E-state index contributed by atoms with van der Waals surface area (Å²) in [5.41, 5.74) is 3.88. The number of carbonyl (C=O) groups excluding carboxylic acids is 5. The molecule has 78 heavy (non-hydrogen) atoms. The number of hydrogen-bond donors (Lipinski definition) is 2. The van der Waals surface area contributed by atoms with E-state index in [1.807, 2.05) is 34.2 Å². The zero-order valence-electron chi connectivity index (χ0n) is 46.1. The number of nitrogens with zero attached hydrogens (tertiary/aromatic N) is 8. The topological polar surface area (TPSA) is 202 Å². The largest absolute Gasteiger partial charge is 0.494 e. The lowest BCUT2D eigenvalue weighted by atomic mass is 9.83. The molecule has 18 heteroatoms. The summed E-state index contributed by atoms with van der Waals surface area (Å²) in [4.78, 5) is 106. The van der Waals surface area contributed by atoms with E-state index in [9.17, 15) is 28.8 Å². The van der Waals surface area contributed by atoms with Crippen molar-refractivity contribution in [3.63, 3.8) is 0 Å². The number of pyridine rings is 2. The Morgan fingerprint density at radius 1 is 0.821 bits per heavy atom. The first kappa shape index (κ1) is 56.3. The predicted molar refractivity (Wildman–Crippen MR) is 302 cm³/mol. The van der Waals surface area contributed by atoms with Crippen LogP contribution in [0.5, 0.6) is 5.75 Å². The molecule has 4 aromatic heterocycles. The van der Waals surface area contributed by atoms with Gasteiger partial charge in [-0.25, -0.2) is 15.0 Å². The number of piperazine rings is 1. The fraction of sp³-hybridized carbons (Fsp3) is 0.567. The van der Waals surface area contributed by atoms with Crippen molar-refractivity contribution in [3.8, 4) is 5.75 Å². The summed E-state index contributed by atoms with van der Waals surface area (Å²) in [6.45, 7) is 9.02. The molecule has 4 fully saturated rings. The molecule has 4 aliphatic rings. The number of hydrogen-bond acceptors (Lipinski definition) is 14. The molecule has 5 aromatic rings. The van der Waals surface area contributed by atoms with Gasteiger partial charge in [0.1, 0.15) is 34.0 Å². The molecule has 3 amide bonds. The van der Waals surface area contributed by atoms with Gasteiger partial charge in [-0.3, -0.25) is 38.3 Å². The smallest absolute Gasteiger partial charge is 0.263 e. The third-order valence-corrected chi connectivity index (χ3v) is 17.6. The van der Waals surface area contributed by atoms with Crippen molar-refractivity contribution in [2.24, 2.45) is 5.92 Å². The molecule has 2 aliphatic carbocycles. The van der Waals surface area contributed by atoms with Crippen molar-refractivity contribution < 1.29 is 28.7 Å². The fourth-order valence-electron chi connectivity index (χ4n) is 12.0. The summed E-state index contributed by atoms with van der Waals surface area (Å²) in [7, 11) is 1.74. The van der Waals surface area contributed by atoms with Crippen LogP contribution >= 0.6 is 11.3 Å². The predicted octanol–water partition coefficient (Wildman–Crippen LogP) is 8.89. The first-order valence-corrected chi connectivity index (χ1v) is 29.7. The van der Waals surface area contributed by atoms with Crippen molar-refractivity contribution in [2.75, 3.05) is 51.3 Å². The Kier molecular flexibility index (Phi) is 19.1. The number of ether oxygens (including phenoxy) is 1. The van der Waals surface area contributed by atoms with Gasteiger partial charge in [-0.15, -0.1) is 11.3 Å². The minimum absolute atomic E-state index is 0.0239. The Hall–Kier alpha value is -6.40. The number of amides is 3. The first-order chi connectivity index (χ1) is 37.9. The number of ketones is 2. The highest BCUT2D eigenvalue weighted by Crippen LogP contribution is 2.37. The normalized spacial score (nSPS) is 18.1. The van der Waals surface area contributed by atoms with Crippen LogP contribution in [0.15, 0.2) is 59.0 Å². The number of unbranched alkanes of at least 4 members (excludes halogenated alkanes) is 5. The maximum absolute atomic E-state index is 14.2. The van der Waals surface area contributed by atoms with E-state index in [4.69, 9.17) is 19.7 Å². The molecule has 9 rings (SSSR count). The Labute approximate surface area is 462 Å². The number of fused-ring (bicyclic) bond motifs is 1. The summed E-state index contributed by atoms with van der Waals surface area (Å²) in [5, 5.41) is 9.36. The Morgan fingerprint density at radius 3 is 2.29 bits per heavy atom. The van der Waals surface area contributed by atoms with Gasteiger partial charge in [-0.05, 0) is 115 Å². The van der Waals surface area contributed by atoms with Gasteiger partial charge in [0.05, 0.1) is 42.6 Å². The van der Waals surface area contributed by atoms with Crippen molar-refractivity contribution in [2.45, 2.75) is 167 Å². The molecule has 0 unspecified atom stereocenters. The number of likely N-dealkylation sites (N-methyl/N-ethyl adjacent to an activating group) is 1. The van der Waals surface area contributed by atoms with Gasteiger partial charge in [-0.2, -0.15) is 0 Å². The number of aromatic nitrogens is 5. The molecule has 3 atom stereocenters. The van der Waals surface area contributed by atoms with Gasteiger partial charge in [0, 0.05) is 73.4 Å². The maximum Gasteiger partial charge on any atom is 0.263 e. The second-order valence-electron chi connectivity index (χ2n) is 22.0. The maximum atomic E-state index is 14.2. The third kappa shape index (κ3) is 13.4. The SMILES string of the molecule is CN[C@@H](C)C(=O)N[C@H](C(=O)N1CCC[C@H]1c1nc(C(=O)c2cccc(OCCCCCCCCC(=O)N3CCN(c4ccc(Cc5ncc6c(C)c(C(C)=O)c(=O)n(C7CCCC7)c6n5)nc4)CC3)c2)cs1)C1CCCCC1. The minimum Gasteiger partial charge on any atom is -0.494 e. The fourth-order valence-corrected chi connectivity index (χ4v) is 13.0. The molecular formula is C60H78N10O7S. The average molecular weight is 1080 g/mol. The molecule has 416 valence electrons. The van der Waals surface area contributed by atoms with Gasteiger partial charge in [-0.1, -0.05) is 69.9 Å². The van der Waals surface area contributed by atoms with Crippen LogP contribution in [0.2, 0.25) is 0 Å². The van der Waals surface area contributed by atoms with E-state index < -0.39 is 12.1 Å². The molecule has 2 aliphatic heterocycles. The van der Waals surface area contributed by atoms with Gasteiger partial charge >= 0.3 is 0 Å². The monoisotopic (exact) mass is 1080 g/mol. The summed E-state index contributed by atoms with van der Waals surface area (Å²) >= 11 is 1.41. The van der Waals surface area contributed by atoms with Gasteiger partial charge in [0.15, 0.2) is 5.78 Å². The van der Waals surface area contributed by atoms with Crippen LogP contribution in [0, 0.1) is 12.8 Å². The summed E-state index contributed by atoms with van der Waals surface area (Å²) in [6.07, 6.45) is 21.1. The lowest BCUT2D eigenvalue weighted by Crippen LogP contribution is -2.55. The van der Waals surface area contributed by atoms with Crippen molar-refractivity contribution >= 4 is 57.3 Å². The number of aryl methyl sites for hydroxylation is 1. The first-order valence-electron chi connectivity index (χ1n) is 28.8. The number of carbonyl (C=O) groups is 5. The second-order valence-corrected chi connectivity index (χ2v) is 22.9. The number of Topliss-reactive ketones (excluding diaryl/α,β-unsaturated/α-hetero) is 1. The van der Waals surface area contributed by atoms with Crippen LogP contribution in [-0.2, 0) is 20.8 Å². The zero-order chi connectivity index (χ0) is 54.7. The highest BCUT2D eigenvalue weighted by atomic mass is 32.1. The van der Waals surface area contributed by atoms with E-state index >= 15 is 0 Å². The van der Waals surface area contributed by atoms with Crippen LogP contribution in [-0.4, -0.2) is 122 Å². The van der Waals surface area contributed by atoms with E-state index in [-0.39, 0.29) is 58.4 Å². The lowest BCUT2D eigenvalue weighted by Gasteiger charge is -2.36. The Balaban J connectivity index is 0.662. The average Bonchev–Trinajstić information content (AvgIpc) is 4.29. The summed E-state index contributed by atoms with van der Waals surface area (Å²) in [6, 6.07) is 10.1. The minimum atomic E-state index is -0.575. The quantitative estimate of drug-likeness (QED) is 0.0464. The van der Waals surface area contributed by atoms with Gasteiger partial charge < -0.3 is 30.1 Å². The second kappa shape index (κ2) is 26.5. The molecule has 2 saturated heterocycles. The number of thiazole rings is 1. The molecule has 2 N–H and O–H groups in total. The van der Waals surface area contributed by atoms with Gasteiger partial charge in [0.25, 0.3) is 5.56 Å². The van der Waals surface area contributed by atoms with E-state index in [0.29, 0.717) is 73.1 Å². The van der Waals surface area contributed by atoms with Crippen molar-refractivity contribution in [1.29, 1.82) is 0 Å². The van der Waals surface area contributed by atoms with Crippen LogP contribution < -0.4 is 25.8 Å². The molecule has 17 nitrogen and oxygen atoms in total. The third-order valence-electron chi connectivity index (χ3n) is 16.7. The number of anilines is 1. The highest BCUT2D eigenvalue weighted by molar-refractivity contribution is 7.10. The summed E-state index contributed by atoms with van der Waals surface area (Å²) in [5.74, 6) is 0.892. The van der Waals surface area contributed by atoms with Crippen LogP contribution in [0.1, 0.15) is 190 Å².